The van der Waals surface area contributed by atoms with Gasteiger partial charge in [0.1, 0.15) is 0 Å². The topological polar surface area (TPSA) is 2.70 Å². The molecule has 54 valence electrons. The molecule has 9 heavy (non-hydrogen) atoms. The Balaban J connectivity index is 0. The van der Waals surface area contributed by atoms with Crippen LogP contribution in [0, 0.1) is 0 Å². The van der Waals surface area contributed by atoms with Gasteiger partial charge in [0.15, 0.2) is 0 Å². The summed E-state index contributed by atoms with van der Waals surface area (Å²) in [4.78, 5) is 0. The number of hydrogen-bond donors (Lipinski definition) is 0. The maximum atomic E-state index is 5.76. The van der Waals surface area contributed by atoms with E-state index in [0.29, 0.717) is 5.54 Å². The van der Waals surface area contributed by atoms with Crippen molar-refractivity contribution in [2.24, 2.45) is 0 Å². The summed E-state index contributed by atoms with van der Waals surface area (Å²) in [6.45, 7) is 4.04. The maximum absolute atomic E-state index is 5.76. The van der Waals surface area contributed by atoms with Crippen molar-refractivity contribution in [3.05, 3.63) is 0 Å². The predicted molar refractivity (Wildman–Crippen MR) is 39.4 cm³/mol. The van der Waals surface area contributed by atoms with Gasteiger partial charge in [-0.05, 0) is 0 Å². The fourth-order valence-corrected chi connectivity index (χ4v) is 1.86. The molecule has 0 N–H and O–H groups in total. The lowest BCUT2D eigenvalue weighted by Gasteiger charge is -2.07. The fourth-order valence-electron chi connectivity index (χ4n) is 0.207. The van der Waals surface area contributed by atoms with Crippen molar-refractivity contribution in [1.29, 1.82) is 0 Å². The third kappa shape index (κ3) is 5.70. The first-order valence-electron chi connectivity index (χ1n) is 2.19. The van der Waals surface area contributed by atoms with E-state index in [4.69, 9.17) is 22.9 Å². The molecule has 0 unspecified atom stereocenters. The van der Waals surface area contributed by atoms with Crippen molar-refractivity contribution in [1.82, 2.24) is 0 Å². The maximum Gasteiger partial charge on any atom is 0.618 e. The largest absolute Gasteiger partial charge is 1.00 e. The van der Waals surface area contributed by atoms with Gasteiger partial charge in [0.2, 0.25) is 11.9 Å². The van der Waals surface area contributed by atoms with Gasteiger partial charge in [-0.15, -0.1) is 0 Å². The van der Waals surface area contributed by atoms with Crippen LogP contribution in [0.3, 0.4) is 0 Å². The highest BCUT2D eigenvalue weighted by Gasteiger charge is 2.30. The minimum atomic E-state index is -1.12. The molecule has 0 amide bonds. The van der Waals surface area contributed by atoms with Crippen LogP contribution in [0.15, 0.2) is 0 Å². The smallest absolute Gasteiger partial charge is 0.618 e. The van der Waals surface area contributed by atoms with E-state index in [0.717, 1.165) is 0 Å². The molecule has 0 aliphatic carbocycles. The Labute approximate surface area is 76.9 Å². The lowest BCUT2D eigenvalue weighted by molar-refractivity contribution is -0.00000192. The molecule has 0 aromatic carbocycles. The van der Waals surface area contributed by atoms with Gasteiger partial charge >= 0.3 is 18.8 Å². The molecule has 6 heteroatoms. The summed E-state index contributed by atoms with van der Waals surface area (Å²) >= 11 is 11.2. The van der Waals surface area contributed by atoms with Crippen LogP contribution < -0.4 is 12.4 Å². The highest BCUT2D eigenvalue weighted by molar-refractivity contribution is 7.06. The summed E-state index contributed by atoms with van der Waals surface area (Å²) in [6.07, 6.45) is 0. The summed E-state index contributed by atoms with van der Waals surface area (Å²) in [5, 5.41) is 0. The van der Waals surface area contributed by atoms with Crippen molar-refractivity contribution in [2.45, 2.75) is 19.4 Å². The molecule has 0 aliphatic heterocycles. The van der Waals surface area contributed by atoms with E-state index >= 15 is 0 Å². The quantitative estimate of drug-likeness (QED) is 0.317. The Morgan fingerprint density at radius 1 is 1.56 bits per heavy atom. The van der Waals surface area contributed by atoms with E-state index in [1.807, 2.05) is 13.8 Å². The van der Waals surface area contributed by atoms with Gasteiger partial charge in [0, 0.05) is 5.54 Å². The number of halogens is 3. The second-order valence-electron chi connectivity index (χ2n) is 1.72. The van der Waals surface area contributed by atoms with Crippen molar-refractivity contribution in [3.8, 4) is 0 Å². The summed E-state index contributed by atoms with van der Waals surface area (Å²) in [6, 6.07) is 0. The van der Waals surface area contributed by atoms with Crippen LogP contribution in [0.5, 0.6) is 0 Å². The molecule has 1 nitrogen and oxygen atoms in total. The Morgan fingerprint density at radius 3 is 1.89 bits per heavy atom. The normalized spacial score (nSPS) is 10.7. The van der Waals surface area contributed by atoms with Crippen molar-refractivity contribution >= 4 is 41.8 Å². The Bertz CT molecular complexity index is 62.1. The molecular weight excluding hydrogens is 215 g/mol. The van der Waals surface area contributed by atoms with Crippen LogP contribution in [0.25, 0.3) is 0 Å². The van der Waals surface area contributed by atoms with Crippen molar-refractivity contribution in [3.63, 3.8) is 0 Å². The number of rotatable bonds is 2. The molecule has 0 aliphatic rings. The molecule has 0 aromatic heterocycles. The zero-order valence-electron chi connectivity index (χ0n) is 5.12. The van der Waals surface area contributed by atoms with Gasteiger partial charge in [-0.1, -0.05) is 24.9 Å². The summed E-state index contributed by atoms with van der Waals surface area (Å²) < 4.78 is 2.08. The SMILES string of the molecule is CC(C)[Si](Cl)[O+]([Si])Cl.[Cl-]. The van der Waals surface area contributed by atoms with E-state index in [1.165, 1.54) is 0 Å². The molecule has 4 radical (unpaired) electrons. The van der Waals surface area contributed by atoms with Crippen LogP contribution in [-0.4, -0.2) is 18.8 Å². The Kier molecular flexibility index (Phi) is 8.61. The second-order valence-corrected chi connectivity index (χ2v) is 6.65. The Morgan fingerprint density at radius 2 is 1.89 bits per heavy atom. The fraction of sp³-hybridized carbons (Fsp3) is 1.00. The first kappa shape index (κ1) is 12.9. The monoisotopic (exact) mass is 220 g/mol. The standard InChI is InChI=1S/C3H7Cl2OSi2.ClH/c1-3(2)8(5)6(4)7;/h3H,1-2H3;1H/q+1;/p-1. The lowest BCUT2D eigenvalue weighted by atomic mass is 10.6. The molecule has 0 aromatic rings. The molecule has 0 rings (SSSR count). The van der Waals surface area contributed by atoms with Gasteiger partial charge in [0.05, 0.1) is 0 Å². The van der Waals surface area contributed by atoms with Crippen LogP contribution >= 0.6 is 22.9 Å². The average Bonchev–Trinajstić information content (AvgIpc) is 1.64. The van der Waals surface area contributed by atoms with E-state index in [2.05, 4.69) is 13.8 Å². The number of hydrogen-bond acceptors (Lipinski definition) is 0. The zero-order chi connectivity index (χ0) is 6.73. The van der Waals surface area contributed by atoms with Crippen molar-refractivity contribution in [2.75, 3.05) is 0 Å². The lowest BCUT2D eigenvalue weighted by Crippen LogP contribution is -3.00. The van der Waals surface area contributed by atoms with Crippen LogP contribution in [0.4, 0.5) is 0 Å². The molecule has 0 heterocycles. The summed E-state index contributed by atoms with van der Waals surface area (Å²) in [7, 11) is 1.89. The van der Waals surface area contributed by atoms with E-state index in [-0.39, 0.29) is 12.4 Å². The average molecular weight is 222 g/mol. The molecule has 0 atom stereocenters. The molecule has 0 fully saturated rings. The minimum Gasteiger partial charge on any atom is -1.00 e. The second kappa shape index (κ2) is 6.01. The molecular formula is C3H7Cl3OSi2. The van der Waals surface area contributed by atoms with Crippen LogP contribution in [-0.2, 0) is 3.30 Å². The first-order chi connectivity index (χ1) is 3.55. The third-order valence-corrected chi connectivity index (χ3v) is 5.43. The van der Waals surface area contributed by atoms with Gasteiger partial charge in [0.25, 0.3) is 0 Å². The van der Waals surface area contributed by atoms with Crippen LogP contribution in [0.1, 0.15) is 13.8 Å². The minimum absolute atomic E-state index is 0. The Hall–Kier alpha value is 1.26. The molecule has 0 saturated heterocycles. The third-order valence-electron chi connectivity index (χ3n) is 0.625. The molecule has 0 saturated carbocycles. The first-order valence-corrected chi connectivity index (χ1v) is 5.41. The highest BCUT2D eigenvalue weighted by atomic mass is 35.6. The highest BCUT2D eigenvalue weighted by Crippen LogP contribution is 2.18. The van der Waals surface area contributed by atoms with Crippen LogP contribution in [0.2, 0.25) is 5.54 Å². The van der Waals surface area contributed by atoms with Gasteiger partial charge in [-0.3, -0.25) is 0 Å². The van der Waals surface area contributed by atoms with E-state index in [1.54, 1.807) is 0 Å². The van der Waals surface area contributed by atoms with E-state index in [9.17, 15) is 0 Å². The van der Waals surface area contributed by atoms with Gasteiger partial charge in [-0.2, -0.15) is 0 Å². The predicted octanol–water partition coefficient (Wildman–Crippen LogP) is -1.08. The molecule has 0 spiro atoms. The van der Waals surface area contributed by atoms with Crippen molar-refractivity contribution < 1.29 is 15.7 Å². The summed E-state index contributed by atoms with van der Waals surface area (Å²) in [5.41, 5.74) is 0.418. The van der Waals surface area contributed by atoms with Gasteiger partial charge < -0.3 is 15.7 Å². The van der Waals surface area contributed by atoms with Gasteiger partial charge in [-0.25, -0.2) is 0 Å². The zero-order valence-corrected chi connectivity index (χ0v) is 9.39. The van der Waals surface area contributed by atoms with E-state index < -0.39 is 8.35 Å². The summed E-state index contributed by atoms with van der Waals surface area (Å²) in [5.74, 6) is 0. The molecule has 0 bridgehead atoms.